The third kappa shape index (κ3) is 1.96. The van der Waals surface area contributed by atoms with Gasteiger partial charge < -0.3 is 0 Å². The minimum absolute atomic E-state index is 0.0579. The van der Waals surface area contributed by atoms with Crippen molar-refractivity contribution in [1.29, 1.82) is 5.26 Å². The second-order valence-corrected chi connectivity index (χ2v) is 2.33. The van der Waals surface area contributed by atoms with Crippen molar-refractivity contribution in [2.45, 2.75) is 12.8 Å². The van der Waals surface area contributed by atoms with Crippen LogP contribution in [0.5, 0.6) is 0 Å². The lowest BCUT2D eigenvalue weighted by Crippen LogP contribution is -1.99. The van der Waals surface area contributed by atoms with Crippen molar-refractivity contribution in [1.82, 2.24) is 4.98 Å². The van der Waals surface area contributed by atoms with Gasteiger partial charge in [-0.2, -0.15) is 5.26 Å². The number of pyridine rings is 1. The summed E-state index contributed by atoms with van der Waals surface area (Å²) in [6.45, 7) is 0. The highest BCUT2D eigenvalue weighted by Gasteiger charge is 2.17. The molecule has 0 bridgehead atoms. The van der Waals surface area contributed by atoms with E-state index in [2.05, 4.69) is 4.98 Å². The average molecular weight is 186 g/mol. The summed E-state index contributed by atoms with van der Waals surface area (Å²) in [4.78, 5) is 3.39. The van der Waals surface area contributed by atoms with Crippen LogP contribution in [-0.4, -0.2) is 4.98 Å². The van der Waals surface area contributed by atoms with E-state index in [1.807, 2.05) is 0 Å². The lowest BCUT2D eigenvalue weighted by atomic mass is 10.1. The number of aromatic nitrogens is 1. The Morgan fingerprint density at radius 3 is 2.69 bits per heavy atom. The van der Waals surface area contributed by atoms with Crippen LogP contribution >= 0.6 is 0 Å². The largest absolute Gasteiger partial charge is 0.267 e. The number of hydrogen-bond donors (Lipinski definition) is 0. The second-order valence-electron chi connectivity index (χ2n) is 2.33. The van der Waals surface area contributed by atoms with E-state index in [1.54, 1.807) is 6.07 Å². The molecule has 0 fully saturated rings. The third-order valence-corrected chi connectivity index (χ3v) is 1.51. The molecule has 1 aromatic rings. The molecule has 13 heavy (non-hydrogen) atoms. The van der Waals surface area contributed by atoms with E-state index in [9.17, 15) is 13.2 Å². The monoisotopic (exact) mass is 186 g/mol. The summed E-state index contributed by atoms with van der Waals surface area (Å²) in [6.07, 6.45) is -1.38. The van der Waals surface area contributed by atoms with Crippen molar-refractivity contribution >= 4 is 0 Å². The molecule has 0 unspecified atom stereocenters. The van der Waals surface area contributed by atoms with Crippen molar-refractivity contribution < 1.29 is 13.2 Å². The van der Waals surface area contributed by atoms with E-state index in [0.29, 0.717) is 6.20 Å². The first-order valence-electron chi connectivity index (χ1n) is 3.44. The predicted molar refractivity (Wildman–Crippen MR) is 38.5 cm³/mol. The normalized spacial score (nSPS) is 10.1. The molecule has 0 aromatic carbocycles. The van der Waals surface area contributed by atoms with Crippen LogP contribution in [0.2, 0.25) is 0 Å². The van der Waals surface area contributed by atoms with E-state index in [4.69, 9.17) is 5.26 Å². The summed E-state index contributed by atoms with van der Waals surface area (Å²) >= 11 is 0. The maximum absolute atomic E-state index is 12.8. The number of rotatable bonds is 2. The van der Waals surface area contributed by atoms with Crippen LogP contribution in [0, 0.1) is 17.1 Å². The Labute approximate surface area is 72.6 Å². The Bertz CT molecular complexity index is 344. The highest BCUT2D eigenvalue weighted by atomic mass is 19.3. The van der Waals surface area contributed by atoms with Gasteiger partial charge >= 0.3 is 0 Å². The van der Waals surface area contributed by atoms with Crippen LogP contribution in [0.1, 0.15) is 17.6 Å². The van der Waals surface area contributed by atoms with Crippen LogP contribution in [0.15, 0.2) is 12.4 Å². The van der Waals surface area contributed by atoms with Crippen LogP contribution in [0.3, 0.4) is 0 Å². The van der Waals surface area contributed by atoms with Crippen molar-refractivity contribution in [2.75, 3.05) is 0 Å². The number of nitrogens with zero attached hydrogens (tertiary/aromatic N) is 2. The SMILES string of the molecule is N#CCc1cncc(F)c1C(F)F. The fourth-order valence-corrected chi connectivity index (χ4v) is 0.956. The molecule has 1 rings (SSSR count). The number of hydrogen-bond acceptors (Lipinski definition) is 2. The predicted octanol–water partition coefficient (Wildman–Crippen LogP) is 2.22. The maximum Gasteiger partial charge on any atom is 0.267 e. The Hall–Kier alpha value is -1.57. The van der Waals surface area contributed by atoms with Gasteiger partial charge in [0.05, 0.1) is 24.3 Å². The minimum atomic E-state index is -2.91. The van der Waals surface area contributed by atoms with Gasteiger partial charge in [-0.15, -0.1) is 0 Å². The quantitative estimate of drug-likeness (QED) is 0.710. The number of halogens is 3. The van der Waals surface area contributed by atoms with Gasteiger partial charge in [0.25, 0.3) is 6.43 Å². The zero-order chi connectivity index (χ0) is 9.84. The highest BCUT2D eigenvalue weighted by molar-refractivity contribution is 5.28. The van der Waals surface area contributed by atoms with Gasteiger partial charge in [0, 0.05) is 6.20 Å². The minimum Gasteiger partial charge on any atom is -0.261 e. The van der Waals surface area contributed by atoms with E-state index in [0.717, 1.165) is 6.20 Å². The van der Waals surface area contributed by atoms with Gasteiger partial charge in [-0.25, -0.2) is 13.2 Å². The van der Waals surface area contributed by atoms with Gasteiger partial charge in [0.15, 0.2) is 5.82 Å². The van der Waals surface area contributed by atoms with Crippen molar-refractivity contribution in [2.24, 2.45) is 0 Å². The van der Waals surface area contributed by atoms with Gasteiger partial charge in [-0.05, 0) is 5.56 Å². The van der Waals surface area contributed by atoms with Gasteiger partial charge in [0.2, 0.25) is 0 Å². The molecule has 0 radical (unpaired) electrons. The van der Waals surface area contributed by atoms with Crippen molar-refractivity contribution in [3.8, 4) is 6.07 Å². The molecule has 2 nitrogen and oxygen atoms in total. The first-order valence-corrected chi connectivity index (χ1v) is 3.44. The first-order chi connectivity index (χ1) is 6.16. The zero-order valence-electron chi connectivity index (χ0n) is 6.47. The Morgan fingerprint density at radius 2 is 2.15 bits per heavy atom. The molecule has 1 heterocycles. The van der Waals surface area contributed by atoms with Crippen molar-refractivity contribution in [3.05, 3.63) is 29.3 Å². The molecule has 5 heteroatoms. The molecule has 0 saturated heterocycles. The fourth-order valence-electron chi connectivity index (χ4n) is 0.956. The molecule has 0 amide bonds. The molecule has 0 aliphatic heterocycles. The van der Waals surface area contributed by atoms with E-state index in [1.165, 1.54) is 0 Å². The zero-order valence-corrected chi connectivity index (χ0v) is 6.47. The van der Waals surface area contributed by atoms with Crippen LogP contribution in [0.4, 0.5) is 13.2 Å². The lowest BCUT2D eigenvalue weighted by molar-refractivity contribution is 0.145. The Morgan fingerprint density at radius 1 is 1.46 bits per heavy atom. The molecule has 0 aliphatic carbocycles. The molecule has 0 spiro atoms. The summed E-state index contributed by atoms with van der Waals surface area (Å²) in [5.41, 5.74) is -0.783. The Kier molecular flexibility index (Phi) is 2.85. The fraction of sp³-hybridized carbons (Fsp3) is 0.250. The smallest absolute Gasteiger partial charge is 0.261 e. The van der Waals surface area contributed by atoms with E-state index < -0.39 is 17.8 Å². The lowest BCUT2D eigenvalue weighted by Gasteiger charge is -2.05. The molecule has 68 valence electrons. The second kappa shape index (κ2) is 3.90. The molecule has 0 atom stereocenters. The molecule has 0 N–H and O–H groups in total. The third-order valence-electron chi connectivity index (χ3n) is 1.51. The summed E-state index contributed by atoms with van der Waals surface area (Å²) in [7, 11) is 0. The standard InChI is InChI=1S/C8H5F3N2/c9-6-4-13-3-5(1-2-12)7(6)8(10)11/h3-4,8H,1H2. The van der Waals surface area contributed by atoms with Gasteiger partial charge in [-0.1, -0.05) is 0 Å². The summed E-state index contributed by atoms with van der Waals surface area (Å²) in [5, 5.41) is 8.27. The van der Waals surface area contributed by atoms with Crippen molar-refractivity contribution in [3.63, 3.8) is 0 Å². The molecular weight excluding hydrogens is 181 g/mol. The van der Waals surface area contributed by atoms with Crippen LogP contribution in [0.25, 0.3) is 0 Å². The summed E-state index contributed by atoms with van der Waals surface area (Å²) in [5.74, 6) is -1.07. The Balaban J connectivity index is 3.19. The van der Waals surface area contributed by atoms with Crippen LogP contribution < -0.4 is 0 Å². The van der Waals surface area contributed by atoms with E-state index in [-0.39, 0.29) is 12.0 Å². The average Bonchev–Trinajstić information content (AvgIpc) is 2.04. The topological polar surface area (TPSA) is 36.7 Å². The molecule has 0 saturated carbocycles. The maximum atomic E-state index is 12.8. The molecule has 0 aliphatic rings. The van der Waals surface area contributed by atoms with Gasteiger partial charge in [0.1, 0.15) is 0 Å². The highest BCUT2D eigenvalue weighted by Crippen LogP contribution is 2.25. The number of nitriles is 1. The number of alkyl halides is 2. The summed E-state index contributed by atoms with van der Waals surface area (Å²) < 4.78 is 37.2. The summed E-state index contributed by atoms with van der Waals surface area (Å²) in [6, 6.07) is 1.67. The van der Waals surface area contributed by atoms with E-state index >= 15 is 0 Å². The van der Waals surface area contributed by atoms with Gasteiger partial charge in [-0.3, -0.25) is 4.98 Å². The first kappa shape index (κ1) is 9.52. The molecule has 1 aromatic heterocycles. The van der Waals surface area contributed by atoms with Crippen LogP contribution in [-0.2, 0) is 6.42 Å². The molecular formula is C8H5F3N2.